The maximum absolute atomic E-state index is 12.1. The van der Waals surface area contributed by atoms with Crippen molar-refractivity contribution in [3.8, 4) is 0 Å². The Labute approximate surface area is 66.5 Å². The SMILES string of the molecule is CC(=O)OCC(F)(F)S(=O)(=O)F. The van der Waals surface area contributed by atoms with E-state index in [2.05, 4.69) is 4.74 Å². The fourth-order valence-electron chi connectivity index (χ4n) is 0.256. The molecule has 0 bridgehead atoms. The molecule has 0 heterocycles. The predicted octanol–water partition coefficient (Wildman–Crippen LogP) is 0.442. The zero-order chi connectivity index (χ0) is 9.99. The first-order chi connectivity index (χ1) is 5.17. The molecule has 8 heteroatoms. The van der Waals surface area contributed by atoms with Crippen LogP contribution in [0.5, 0.6) is 0 Å². The lowest BCUT2D eigenvalue weighted by molar-refractivity contribution is -0.146. The molecule has 72 valence electrons. The van der Waals surface area contributed by atoms with Gasteiger partial charge in [0.05, 0.1) is 0 Å². The second kappa shape index (κ2) is 3.30. The van der Waals surface area contributed by atoms with Crippen LogP contribution in [0.2, 0.25) is 0 Å². The number of alkyl halides is 2. The molecule has 0 saturated heterocycles. The summed E-state index contributed by atoms with van der Waals surface area (Å²) < 4.78 is 58.7. The Morgan fingerprint density at radius 2 is 1.92 bits per heavy atom. The number of halogens is 3. The Morgan fingerprint density at radius 3 is 2.17 bits per heavy atom. The van der Waals surface area contributed by atoms with Gasteiger partial charge in [0.1, 0.15) is 0 Å². The molecule has 4 nitrogen and oxygen atoms in total. The van der Waals surface area contributed by atoms with Crippen LogP contribution in [0.1, 0.15) is 6.92 Å². The molecule has 0 aliphatic rings. The number of carbonyl (C=O) groups is 1. The third-order valence-electron chi connectivity index (χ3n) is 0.800. The summed E-state index contributed by atoms with van der Waals surface area (Å²) in [6.45, 7) is -1.01. The molecular weight excluding hydrogens is 201 g/mol. The number of ether oxygens (including phenoxy) is 1. The van der Waals surface area contributed by atoms with Crippen LogP contribution in [0, 0.1) is 0 Å². The van der Waals surface area contributed by atoms with E-state index in [-0.39, 0.29) is 0 Å². The van der Waals surface area contributed by atoms with Crippen molar-refractivity contribution in [1.29, 1.82) is 0 Å². The normalized spacial score (nSPS) is 12.7. The highest BCUT2D eigenvalue weighted by atomic mass is 32.3. The molecule has 0 unspecified atom stereocenters. The third-order valence-corrected chi connectivity index (χ3v) is 1.63. The van der Waals surface area contributed by atoms with Crippen LogP contribution in [0.4, 0.5) is 12.7 Å². The van der Waals surface area contributed by atoms with E-state index in [1.807, 2.05) is 0 Å². The van der Waals surface area contributed by atoms with Gasteiger partial charge < -0.3 is 4.74 Å². The van der Waals surface area contributed by atoms with Crippen LogP contribution in [-0.4, -0.2) is 26.2 Å². The molecule has 0 aromatic carbocycles. The molecule has 0 aliphatic heterocycles. The van der Waals surface area contributed by atoms with Crippen molar-refractivity contribution in [3.05, 3.63) is 0 Å². The highest BCUT2D eigenvalue weighted by Crippen LogP contribution is 2.23. The summed E-state index contributed by atoms with van der Waals surface area (Å²) in [6, 6.07) is 0. The Kier molecular flexibility index (Phi) is 3.08. The Balaban J connectivity index is 4.35. The lowest BCUT2D eigenvalue weighted by atomic mass is 10.7. The summed E-state index contributed by atoms with van der Waals surface area (Å²) in [5.41, 5.74) is 0. The molecule has 0 aromatic rings. The summed E-state index contributed by atoms with van der Waals surface area (Å²) in [5.74, 6) is -1.11. The number of hydrogen-bond acceptors (Lipinski definition) is 4. The molecule has 0 aromatic heterocycles. The Hall–Kier alpha value is -0.790. The van der Waals surface area contributed by atoms with E-state index in [1.165, 1.54) is 0 Å². The average Bonchev–Trinajstić information content (AvgIpc) is 1.81. The lowest BCUT2D eigenvalue weighted by Gasteiger charge is -2.10. The zero-order valence-corrected chi connectivity index (χ0v) is 6.70. The molecule has 0 aliphatic carbocycles. The lowest BCUT2D eigenvalue weighted by Crippen LogP contribution is -2.31. The van der Waals surface area contributed by atoms with Gasteiger partial charge in [0.2, 0.25) is 0 Å². The van der Waals surface area contributed by atoms with Crippen molar-refractivity contribution in [2.24, 2.45) is 0 Å². The maximum atomic E-state index is 12.1. The molecule has 12 heavy (non-hydrogen) atoms. The Morgan fingerprint density at radius 1 is 1.50 bits per heavy atom. The highest BCUT2D eigenvalue weighted by molar-refractivity contribution is 7.87. The summed E-state index contributed by atoms with van der Waals surface area (Å²) in [4.78, 5) is 9.94. The summed E-state index contributed by atoms with van der Waals surface area (Å²) in [6.07, 6.45) is 0. The van der Waals surface area contributed by atoms with Gasteiger partial charge in [-0.2, -0.15) is 17.2 Å². The molecule has 0 saturated carbocycles. The van der Waals surface area contributed by atoms with Crippen LogP contribution in [0.3, 0.4) is 0 Å². The van der Waals surface area contributed by atoms with E-state index < -0.39 is 28.1 Å². The van der Waals surface area contributed by atoms with Gasteiger partial charge in [0, 0.05) is 6.92 Å². The smallest absolute Gasteiger partial charge is 0.407 e. The number of rotatable bonds is 3. The van der Waals surface area contributed by atoms with Gasteiger partial charge >= 0.3 is 21.4 Å². The largest absolute Gasteiger partial charge is 0.458 e. The second-order valence-corrected chi connectivity index (χ2v) is 3.33. The Bertz CT molecular complexity index is 270. The minimum absolute atomic E-state index is 0.793. The van der Waals surface area contributed by atoms with E-state index >= 15 is 0 Å². The highest BCUT2D eigenvalue weighted by Gasteiger charge is 2.47. The van der Waals surface area contributed by atoms with Gasteiger partial charge in [0.25, 0.3) is 0 Å². The van der Waals surface area contributed by atoms with E-state index in [1.54, 1.807) is 0 Å². The van der Waals surface area contributed by atoms with Crippen LogP contribution in [-0.2, 0) is 19.8 Å². The van der Waals surface area contributed by atoms with E-state index in [9.17, 15) is 25.9 Å². The average molecular weight is 206 g/mol. The van der Waals surface area contributed by atoms with Crippen molar-refractivity contribution in [2.45, 2.75) is 12.2 Å². The summed E-state index contributed by atoms with van der Waals surface area (Å²) >= 11 is 0. The van der Waals surface area contributed by atoms with Gasteiger partial charge in [-0.15, -0.1) is 0 Å². The standard InChI is InChI=1S/C4H5F3O4S/c1-3(8)11-2-4(5,6)12(7,9)10/h2H2,1H3. The van der Waals surface area contributed by atoms with E-state index in [0.29, 0.717) is 0 Å². The minimum Gasteiger partial charge on any atom is -0.458 e. The molecule has 0 atom stereocenters. The number of carbonyl (C=O) groups excluding carboxylic acids is 1. The molecule has 0 fully saturated rings. The van der Waals surface area contributed by atoms with Crippen molar-refractivity contribution < 1.29 is 30.6 Å². The quantitative estimate of drug-likeness (QED) is 0.496. The fraction of sp³-hybridized carbons (Fsp3) is 0.750. The monoisotopic (exact) mass is 206 g/mol. The molecule has 0 N–H and O–H groups in total. The van der Waals surface area contributed by atoms with Crippen molar-refractivity contribution in [1.82, 2.24) is 0 Å². The van der Waals surface area contributed by atoms with Crippen molar-refractivity contribution >= 4 is 16.2 Å². The van der Waals surface area contributed by atoms with Gasteiger partial charge in [-0.3, -0.25) is 4.79 Å². The molecule has 0 radical (unpaired) electrons. The fourth-order valence-corrected chi connectivity index (χ4v) is 0.456. The predicted molar refractivity (Wildman–Crippen MR) is 31.6 cm³/mol. The van der Waals surface area contributed by atoms with E-state index in [0.717, 1.165) is 6.92 Å². The van der Waals surface area contributed by atoms with Gasteiger partial charge in [-0.1, -0.05) is 3.89 Å². The maximum Gasteiger partial charge on any atom is 0.407 e. The number of hydrogen-bond donors (Lipinski definition) is 0. The van der Waals surface area contributed by atoms with E-state index in [4.69, 9.17) is 0 Å². The first-order valence-electron chi connectivity index (χ1n) is 2.62. The van der Waals surface area contributed by atoms with Crippen LogP contribution < -0.4 is 0 Å². The third kappa shape index (κ3) is 3.07. The zero-order valence-electron chi connectivity index (χ0n) is 5.88. The molecular formula is C4H5F3O4S. The van der Waals surface area contributed by atoms with Crippen LogP contribution in [0.15, 0.2) is 0 Å². The van der Waals surface area contributed by atoms with Crippen molar-refractivity contribution in [2.75, 3.05) is 6.61 Å². The summed E-state index contributed by atoms with van der Waals surface area (Å²) in [5, 5.41) is -4.67. The summed E-state index contributed by atoms with van der Waals surface area (Å²) in [7, 11) is -6.01. The van der Waals surface area contributed by atoms with Gasteiger partial charge in [-0.25, -0.2) is 0 Å². The molecule has 0 spiro atoms. The first kappa shape index (κ1) is 11.2. The molecule has 0 rings (SSSR count). The minimum atomic E-state index is -6.01. The number of esters is 1. The topological polar surface area (TPSA) is 60.4 Å². The molecule has 0 amide bonds. The van der Waals surface area contributed by atoms with Crippen LogP contribution >= 0.6 is 0 Å². The first-order valence-corrected chi connectivity index (χ1v) is 4.00. The second-order valence-electron chi connectivity index (χ2n) is 1.86. The van der Waals surface area contributed by atoms with Crippen molar-refractivity contribution in [3.63, 3.8) is 0 Å². The van der Waals surface area contributed by atoms with Crippen LogP contribution in [0.25, 0.3) is 0 Å². The van der Waals surface area contributed by atoms with Gasteiger partial charge in [-0.05, 0) is 0 Å². The van der Waals surface area contributed by atoms with Gasteiger partial charge in [0.15, 0.2) is 6.61 Å².